The highest BCUT2D eigenvalue weighted by Crippen LogP contribution is 2.31. The largest absolute Gasteiger partial charge is 0.494 e. The number of thiophene rings is 1. The van der Waals surface area contributed by atoms with Crippen molar-refractivity contribution < 1.29 is 24.2 Å². The number of ketones is 1. The number of carboxylic acids is 1. The maximum atomic E-state index is 13.8. The Bertz CT molecular complexity index is 1950. The first-order valence-electron chi connectivity index (χ1n) is 18.7. The van der Waals surface area contributed by atoms with Gasteiger partial charge in [-0.25, -0.2) is 14.8 Å². The first kappa shape index (κ1) is 40.0. The van der Waals surface area contributed by atoms with E-state index in [1.807, 2.05) is 60.7 Å². The number of nitrogens with one attached hydrogen (secondary N) is 1. The summed E-state index contributed by atoms with van der Waals surface area (Å²) in [6, 6.07) is 23.3. The average molecular weight is 747 g/mol. The first-order chi connectivity index (χ1) is 26.0. The Morgan fingerprint density at radius 1 is 0.796 bits per heavy atom. The molecule has 282 valence electrons. The highest BCUT2D eigenvalue weighted by atomic mass is 32.1. The van der Waals surface area contributed by atoms with Crippen LogP contribution in [0.4, 0.5) is 0 Å². The zero-order valence-corrected chi connectivity index (χ0v) is 32.4. The van der Waals surface area contributed by atoms with Crippen LogP contribution in [0.15, 0.2) is 97.5 Å². The molecule has 0 spiro atoms. The Morgan fingerprint density at radius 2 is 1.50 bits per heavy atom. The van der Waals surface area contributed by atoms with Gasteiger partial charge in [0.05, 0.1) is 11.5 Å². The van der Waals surface area contributed by atoms with Crippen LogP contribution >= 0.6 is 11.3 Å². The molecular formula is C44H50N4O5S. The van der Waals surface area contributed by atoms with Gasteiger partial charge in [0.1, 0.15) is 11.8 Å². The van der Waals surface area contributed by atoms with Crippen LogP contribution in [0.5, 0.6) is 5.75 Å². The van der Waals surface area contributed by atoms with Crippen LogP contribution in [0.1, 0.15) is 92.0 Å². The van der Waals surface area contributed by atoms with Crippen LogP contribution in [0.2, 0.25) is 0 Å². The molecule has 0 aliphatic heterocycles. The van der Waals surface area contributed by atoms with Gasteiger partial charge in [-0.15, -0.1) is 11.3 Å². The number of benzene rings is 2. The van der Waals surface area contributed by atoms with Crippen LogP contribution in [-0.4, -0.2) is 50.4 Å². The van der Waals surface area contributed by atoms with Crippen molar-refractivity contribution in [2.75, 3.05) is 6.61 Å². The number of ether oxygens (including phenoxy) is 1. The van der Waals surface area contributed by atoms with Crippen molar-refractivity contribution in [3.8, 4) is 28.3 Å². The van der Waals surface area contributed by atoms with Gasteiger partial charge in [-0.3, -0.25) is 14.6 Å². The van der Waals surface area contributed by atoms with Gasteiger partial charge in [-0.2, -0.15) is 0 Å². The van der Waals surface area contributed by atoms with Gasteiger partial charge < -0.3 is 15.2 Å². The fraction of sp³-hybridized carbons (Fsp3) is 0.364. The number of carbonyl (C=O) groups excluding carboxylic acids is 2. The Labute approximate surface area is 322 Å². The molecule has 1 amide bonds. The molecule has 0 saturated carbocycles. The maximum absolute atomic E-state index is 13.8. The molecule has 3 heterocycles. The summed E-state index contributed by atoms with van der Waals surface area (Å²) in [4.78, 5) is 54.6. The second-order valence-electron chi connectivity index (χ2n) is 14.6. The smallest absolute Gasteiger partial charge is 0.326 e. The summed E-state index contributed by atoms with van der Waals surface area (Å²) in [5, 5.41) is 12.7. The molecular weight excluding hydrogens is 697 g/mol. The number of nitrogens with zero attached hydrogens (tertiary/aromatic N) is 3. The number of carboxylic acid groups (broad SMARTS) is 1. The van der Waals surface area contributed by atoms with Crippen LogP contribution in [-0.2, 0) is 27.8 Å². The van der Waals surface area contributed by atoms with E-state index in [1.54, 1.807) is 36.8 Å². The van der Waals surface area contributed by atoms with E-state index in [0.717, 1.165) is 45.9 Å². The van der Waals surface area contributed by atoms with Crippen molar-refractivity contribution in [1.29, 1.82) is 0 Å². The van der Waals surface area contributed by atoms with Crippen molar-refractivity contribution in [3.63, 3.8) is 0 Å². The quantitative estimate of drug-likeness (QED) is 0.0632. The number of amides is 1. The topological polar surface area (TPSA) is 131 Å². The lowest BCUT2D eigenvalue weighted by atomic mass is 9.92. The van der Waals surface area contributed by atoms with Gasteiger partial charge in [0.15, 0.2) is 11.6 Å². The van der Waals surface area contributed by atoms with Gasteiger partial charge in [0, 0.05) is 59.0 Å². The molecule has 5 aromatic rings. The monoisotopic (exact) mass is 746 g/mol. The molecule has 0 saturated heterocycles. The van der Waals surface area contributed by atoms with Crippen molar-refractivity contribution >= 4 is 29.0 Å². The van der Waals surface area contributed by atoms with Crippen molar-refractivity contribution in [2.45, 2.75) is 90.5 Å². The van der Waals surface area contributed by atoms with E-state index in [2.05, 4.69) is 48.0 Å². The van der Waals surface area contributed by atoms with E-state index in [0.29, 0.717) is 16.4 Å². The third-order valence-corrected chi connectivity index (χ3v) is 10.8. The van der Waals surface area contributed by atoms with Crippen molar-refractivity contribution in [1.82, 2.24) is 20.3 Å². The van der Waals surface area contributed by atoms with E-state index < -0.39 is 23.8 Å². The van der Waals surface area contributed by atoms with Crippen molar-refractivity contribution in [3.05, 3.63) is 118 Å². The predicted molar refractivity (Wildman–Crippen MR) is 214 cm³/mol. The second kappa shape index (κ2) is 19.2. The molecule has 0 radical (unpaired) electrons. The molecule has 9 nitrogen and oxygen atoms in total. The molecule has 0 fully saturated rings. The first-order valence-corrected chi connectivity index (χ1v) is 19.5. The predicted octanol–water partition coefficient (Wildman–Crippen LogP) is 9.16. The molecule has 0 aliphatic rings. The standard InChI is InChI=1S/C44H50N4O5S/c1-5-6-7-8-11-24-53-36-19-17-31(18-20-36)34-28-46-41(47-29-34)32-15-13-30(14-16-32)25-33(26-38(49)39-21-22-40(54-39)44(2,3)4)42(50)48-37(43(51)52)27-35-12-9-10-23-45-35/h9-10,12-23,28-29,33,37H,5-8,11,24-27H2,1-4H3,(H,48,50)(H,51,52)/t33-,37+/m1/s1. The number of aromatic nitrogens is 3. The van der Waals surface area contributed by atoms with Gasteiger partial charge in [-0.05, 0) is 65.8 Å². The number of Topliss-reactive ketones (excluding diaryl/α,β-unsaturated/α-hetero) is 1. The van der Waals surface area contributed by atoms with Gasteiger partial charge in [0.25, 0.3) is 0 Å². The average Bonchev–Trinajstić information content (AvgIpc) is 3.69. The fourth-order valence-corrected chi connectivity index (χ4v) is 7.04. The summed E-state index contributed by atoms with van der Waals surface area (Å²) in [7, 11) is 0. The van der Waals surface area contributed by atoms with Gasteiger partial charge in [0.2, 0.25) is 5.91 Å². The van der Waals surface area contributed by atoms with E-state index in [4.69, 9.17) is 4.74 Å². The molecule has 54 heavy (non-hydrogen) atoms. The van der Waals surface area contributed by atoms with Gasteiger partial charge >= 0.3 is 5.97 Å². The lowest BCUT2D eigenvalue weighted by molar-refractivity contribution is -0.142. The van der Waals surface area contributed by atoms with Crippen LogP contribution in [0.25, 0.3) is 22.5 Å². The number of carbonyl (C=O) groups is 3. The summed E-state index contributed by atoms with van der Waals surface area (Å²) in [5.74, 6) is -1.21. The van der Waals surface area contributed by atoms with E-state index >= 15 is 0 Å². The van der Waals surface area contributed by atoms with Gasteiger partial charge in [-0.1, -0.05) is 95.8 Å². The molecule has 0 bridgehead atoms. The summed E-state index contributed by atoms with van der Waals surface area (Å²) in [5.41, 5.74) is 3.95. The lowest BCUT2D eigenvalue weighted by Gasteiger charge is -2.20. The van der Waals surface area contributed by atoms with E-state index in [-0.39, 0.29) is 30.5 Å². The Kier molecular flexibility index (Phi) is 14.2. The van der Waals surface area contributed by atoms with E-state index in [1.165, 1.54) is 37.0 Å². The van der Waals surface area contributed by atoms with Crippen LogP contribution in [0, 0.1) is 5.92 Å². The van der Waals surface area contributed by atoms with E-state index in [9.17, 15) is 19.5 Å². The molecule has 2 N–H and O–H groups in total. The fourth-order valence-electron chi connectivity index (χ4n) is 6.03. The third kappa shape index (κ3) is 11.6. The SMILES string of the molecule is CCCCCCCOc1ccc(-c2cnc(-c3ccc(C[C@H](CC(=O)c4ccc(C(C)(C)C)s4)C(=O)N[C@@H](Cc4ccccn4)C(=O)O)cc3)nc2)cc1. The number of hydrogen-bond acceptors (Lipinski definition) is 8. The Morgan fingerprint density at radius 3 is 2.13 bits per heavy atom. The Balaban J connectivity index is 1.26. The minimum atomic E-state index is -1.20. The zero-order valence-electron chi connectivity index (χ0n) is 31.6. The molecule has 5 rings (SSSR count). The Hall–Kier alpha value is -5.22. The number of unbranched alkanes of at least 4 members (excludes halogenated alkanes) is 4. The summed E-state index contributed by atoms with van der Waals surface area (Å²) >= 11 is 1.43. The molecule has 2 aromatic carbocycles. The van der Waals surface area contributed by atoms with Crippen LogP contribution in [0.3, 0.4) is 0 Å². The minimum Gasteiger partial charge on any atom is -0.494 e. The highest BCUT2D eigenvalue weighted by Gasteiger charge is 2.29. The number of aliphatic carboxylic acids is 1. The normalized spacial score (nSPS) is 12.5. The van der Waals surface area contributed by atoms with Crippen LogP contribution < -0.4 is 10.1 Å². The number of hydrogen-bond donors (Lipinski definition) is 2. The molecule has 10 heteroatoms. The second-order valence-corrected chi connectivity index (χ2v) is 15.7. The lowest BCUT2D eigenvalue weighted by Crippen LogP contribution is -2.45. The molecule has 3 aromatic heterocycles. The zero-order chi connectivity index (χ0) is 38.5. The van der Waals surface area contributed by atoms with Crippen molar-refractivity contribution in [2.24, 2.45) is 5.92 Å². The molecule has 2 atom stereocenters. The highest BCUT2D eigenvalue weighted by molar-refractivity contribution is 7.14. The minimum absolute atomic E-state index is 0.0227. The summed E-state index contributed by atoms with van der Waals surface area (Å²) in [6.45, 7) is 9.20. The molecule has 0 unspecified atom stereocenters. The summed E-state index contributed by atoms with van der Waals surface area (Å²) in [6.07, 6.45) is 11.4. The third-order valence-electron chi connectivity index (χ3n) is 9.23. The maximum Gasteiger partial charge on any atom is 0.326 e. The summed E-state index contributed by atoms with van der Waals surface area (Å²) < 4.78 is 5.90. The number of pyridine rings is 1. The number of rotatable bonds is 19. The molecule has 0 aliphatic carbocycles.